The lowest BCUT2D eigenvalue weighted by atomic mass is 10.1. The molecule has 2 rings (SSSR count). The van der Waals surface area contributed by atoms with Gasteiger partial charge in [0.05, 0.1) is 21.7 Å². The molecule has 1 aromatic carbocycles. The number of hydrogen-bond donors (Lipinski definition) is 1. The van der Waals surface area contributed by atoms with Crippen molar-refractivity contribution in [2.45, 2.75) is 25.8 Å². The van der Waals surface area contributed by atoms with Crippen LogP contribution >= 0.6 is 34.8 Å². The largest absolute Gasteiger partial charge is 0.380 e. The topological polar surface area (TPSA) is 21.3 Å². The summed E-state index contributed by atoms with van der Waals surface area (Å²) in [5, 5.41) is 4.79. The molecular formula is C14H18Cl3NO. The lowest BCUT2D eigenvalue weighted by Crippen LogP contribution is -2.23. The number of hydrogen-bond acceptors (Lipinski definition) is 2. The van der Waals surface area contributed by atoms with Gasteiger partial charge >= 0.3 is 0 Å². The Morgan fingerprint density at radius 2 is 2.00 bits per heavy atom. The molecule has 0 aliphatic heterocycles. The van der Waals surface area contributed by atoms with E-state index in [0.29, 0.717) is 15.1 Å². The molecule has 1 N–H and O–H groups in total. The second-order valence-corrected chi connectivity index (χ2v) is 6.12. The van der Waals surface area contributed by atoms with Gasteiger partial charge in [0.15, 0.2) is 0 Å². The highest BCUT2D eigenvalue weighted by Crippen LogP contribution is 2.35. The van der Waals surface area contributed by atoms with Crippen LogP contribution in [0.3, 0.4) is 0 Å². The predicted octanol–water partition coefficient (Wildman–Crippen LogP) is 4.72. The number of ether oxygens (including phenoxy) is 1. The van der Waals surface area contributed by atoms with Crippen molar-refractivity contribution < 1.29 is 4.74 Å². The molecule has 1 fully saturated rings. The summed E-state index contributed by atoms with van der Waals surface area (Å²) in [7, 11) is 0. The van der Waals surface area contributed by atoms with E-state index in [2.05, 4.69) is 5.32 Å². The van der Waals surface area contributed by atoms with Crippen LogP contribution in [0.1, 0.15) is 31.4 Å². The zero-order valence-corrected chi connectivity index (χ0v) is 13.2. The second-order valence-electron chi connectivity index (χ2n) is 4.96. The van der Waals surface area contributed by atoms with E-state index in [4.69, 9.17) is 39.5 Å². The van der Waals surface area contributed by atoms with Crippen LogP contribution in [0.5, 0.6) is 0 Å². The summed E-state index contributed by atoms with van der Waals surface area (Å²) in [5.41, 5.74) is 0.957. The molecule has 5 heteroatoms. The van der Waals surface area contributed by atoms with Crippen molar-refractivity contribution in [1.29, 1.82) is 0 Å². The monoisotopic (exact) mass is 321 g/mol. The fourth-order valence-corrected chi connectivity index (χ4v) is 2.57. The molecule has 0 amide bonds. The minimum atomic E-state index is 0.117. The summed E-state index contributed by atoms with van der Waals surface area (Å²) in [6.07, 6.45) is 2.64. The van der Waals surface area contributed by atoms with Gasteiger partial charge in [0.2, 0.25) is 0 Å². The van der Waals surface area contributed by atoms with Crippen LogP contribution in [-0.4, -0.2) is 19.8 Å². The van der Waals surface area contributed by atoms with E-state index in [1.807, 2.05) is 13.0 Å². The van der Waals surface area contributed by atoms with Crippen LogP contribution in [0.25, 0.3) is 0 Å². The SMILES string of the molecule is CC(NCCOCC1CC1)c1ccc(Cl)c(Cl)c1Cl. The van der Waals surface area contributed by atoms with Gasteiger partial charge in [0.25, 0.3) is 0 Å². The highest BCUT2D eigenvalue weighted by atomic mass is 35.5. The van der Waals surface area contributed by atoms with Gasteiger partial charge in [0, 0.05) is 19.2 Å². The first-order valence-electron chi connectivity index (χ1n) is 6.54. The van der Waals surface area contributed by atoms with E-state index < -0.39 is 0 Å². The van der Waals surface area contributed by atoms with Gasteiger partial charge in [-0.25, -0.2) is 0 Å². The predicted molar refractivity (Wildman–Crippen MR) is 81.4 cm³/mol. The molecule has 0 bridgehead atoms. The Hall–Kier alpha value is 0.01000. The lowest BCUT2D eigenvalue weighted by Gasteiger charge is -2.17. The van der Waals surface area contributed by atoms with E-state index in [1.165, 1.54) is 12.8 Å². The maximum absolute atomic E-state index is 6.20. The second kappa shape index (κ2) is 7.14. The third-order valence-electron chi connectivity index (χ3n) is 3.28. The highest BCUT2D eigenvalue weighted by molar-refractivity contribution is 6.48. The van der Waals surface area contributed by atoms with Gasteiger partial charge in [0.1, 0.15) is 0 Å². The van der Waals surface area contributed by atoms with E-state index in [0.717, 1.165) is 31.2 Å². The maximum Gasteiger partial charge on any atom is 0.0781 e. The van der Waals surface area contributed by atoms with E-state index >= 15 is 0 Å². The van der Waals surface area contributed by atoms with E-state index in [9.17, 15) is 0 Å². The first-order valence-corrected chi connectivity index (χ1v) is 7.67. The summed E-state index contributed by atoms with van der Waals surface area (Å²) in [5.74, 6) is 0.807. The van der Waals surface area contributed by atoms with Crippen molar-refractivity contribution in [2.75, 3.05) is 19.8 Å². The fraction of sp³-hybridized carbons (Fsp3) is 0.571. The van der Waals surface area contributed by atoms with Crippen LogP contribution < -0.4 is 5.32 Å². The Morgan fingerprint density at radius 1 is 1.26 bits per heavy atom. The molecule has 1 atom stereocenters. The maximum atomic E-state index is 6.20. The van der Waals surface area contributed by atoms with Crippen LogP contribution in [0.4, 0.5) is 0 Å². The van der Waals surface area contributed by atoms with Crippen molar-refractivity contribution >= 4 is 34.8 Å². The Labute approximate surface area is 129 Å². The summed E-state index contributed by atoms with van der Waals surface area (Å²) in [6, 6.07) is 3.79. The third kappa shape index (κ3) is 4.51. The quantitative estimate of drug-likeness (QED) is 0.579. The molecule has 2 nitrogen and oxygen atoms in total. The molecule has 19 heavy (non-hydrogen) atoms. The van der Waals surface area contributed by atoms with Crippen molar-refractivity contribution in [3.8, 4) is 0 Å². The van der Waals surface area contributed by atoms with Crippen LogP contribution in [0.2, 0.25) is 15.1 Å². The summed E-state index contributed by atoms with van der Waals surface area (Å²) >= 11 is 18.1. The molecule has 0 saturated heterocycles. The highest BCUT2D eigenvalue weighted by Gasteiger charge is 2.21. The van der Waals surface area contributed by atoms with E-state index in [-0.39, 0.29) is 6.04 Å². The van der Waals surface area contributed by atoms with Crippen LogP contribution in [0.15, 0.2) is 12.1 Å². The van der Waals surface area contributed by atoms with Crippen molar-refractivity contribution in [3.63, 3.8) is 0 Å². The molecule has 0 heterocycles. The van der Waals surface area contributed by atoms with Gasteiger partial charge in [-0.15, -0.1) is 0 Å². The molecule has 1 aliphatic carbocycles. The van der Waals surface area contributed by atoms with Crippen molar-refractivity contribution in [1.82, 2.24) is 5.32 Å². The molecule has 106 valence electrons. The van der Waals surface area contributed by atoms with Crippen LogP contribution in [-0.2, 0) is 4.74 Å². The molecule has 1 saturated carbocycles. The smallest absolute Gasteiger partial charge is 0.0781 e. The van der Waals surface area contributed by atoms with E-state index in [1.54, 1.807) is 6.07 Å². The Kier molecular flexibility index (Phi) is 5.79. The van der Waals surface area contributed by atoms with Gasteiger partial charge in [-0.3, -0.25) is 0 Å². The summed E-state index contributed by atoms with van der Waals surface area (Å²) in [4.78, 5) is 0. The molecule has 0 aromatic heterocycles. The zero-order chi connectivity index (χ0) is 13.8. The molecular weight excluding hydrogens is 305 g/mol. The average Bonchev–Trinajstić information content (AvgIpc) is 3.19. The summed E-state index contributed by atoms with van der Waals surface area (Å²) in [6.45, 7) is 4.46. The molecule has 0 radical (unpaired) electrons. The zero-order valence-electron chi connectivity index (χ0n) is 10.9. The number of rotatable bonds is 7. The van der Waals surface area contributed by atoms with Gasteiger partial charge in [-0.2, -0.15) is 0 Å². The Morgan fingerprint density at radius 3 is 2.68 bits per heavy atom. The minimum absolute atomic E-state index is 0.117. The number of nitrogens with one attached hydrogen (secondary N) is 1. The van der Waals surface area contributed by atoms with Gasteiger partial charge < -0.3 is 10.1 Å². The Bertz CT molecular complexity index is 435. The molecule has 1 aromatic rings. The van der Waals surface area contributed by atoms with Gasteiger partial charge in [-0.1, -0.05) is 40.9 Å². The molecule has 1 aliphatic rings. The van der Waals surface area contributed by atoms with Crippen molar-refractivity contribution in [2.24, 2.45) is 5.92 Å². The van der Waals surface area contributed by atoms with Crippen molar-refractivity contribution in [3.05, 3.63) is 32.8 Å². The number of benzene rings is 1. The number of halogens is 3. The third-order valence-corrected chi connectivity index (χ3v) is 4.59. The minimum Gasteiger partial charge on any atom is -0.380 e. The molecule has 1 unspecified atom stereocenters. The standard InChI is InChI=1S/C14H18Cl3NO/c1-9(18-6-7-19-8-10-2-3-10)11-4-5-12(15)14(17)13(11)16/h4-5,9-10,18H,2-3,6-8H2,1H3. The molecule has 0 spiro atoms. The first kappa shape index (κ1) is 15.4. The summed E-state index contributed by atoms with van der Waals surface area (Å²) < 4.78 is 5.57. The Balaban J connectivity index is 1.78. The fourth-order valence-electron chi connectivity index (χ4n) is 1.87. The van der Waals surface area contributed by atoms with Gasteiger partial charge in [-0.05, 0) is 37.3 Å². The van der Waals surface area contributed by atoms with Crippen LogP contribution in [0, 0.1) is 5.92 Å². The normalized spacial score (nSPS) is 16.6. The average molecular weight is 323 g/mol. The lowest BCUT2D eigenvalue weighted by molar-refractivity contribution is 0.124. The first-order chi connectivity index (χ1) is 9.09.